The van der Waals surface area contributed by atoms with E-state index in [1.54, 1.807) is 18.2 Å². The van der Waals surface area contributed by atoms with Crippen molar-refractivity contribution in [1.29, 1.82) is 0 Å². The smallest absolute Gasteiger partial charge is 0.262 e. The SMILES string of the molecule is Cc1c2c(c(C)c3c1oc1cc(O)ccc13)C(=O)N(CCN1CCOCC1)C2=O. The summed E-state index contributed by atoms with van der Waals surface area (Å²) >= 11 is 0. The van der Waals surface area contributed by atoms with Gasteiger partial charge < -0.3 is 14.3 Å². The van der Waals surface area contributed by atoms with E-state index in [9.17, 15) is 14.7 Å². The van der Waals surface area contributed by atoms with E-state index in [0.717, 1.165) is 29.4 Å². The Bertz CT molecular complexity index is 1170. The second kappa shape index (κ2) is 6.57. The van der Waals surface area contributed by atoms with Crippen molar-refractivity contribution < 1.29 is 23.8 Å². The Hall–Kier alpha value is -2.90. The number of rotatable bonds is 3. The fourth-order valence-electron chi connectivity index (χ4n) is 4.50. The summed E-state index contributed by atoms with van der Waals surface area (Å²) in [5, 5.41) is 11.4. The van der Waals surface area contributed by atoms with Crippen molar-refractivity contribution in [2.24, 2.45) is 0 Å². The average molecular weight is 394 g/mol. The quantitative estimate of drug-likeness (QED) is 0.688. The number of aromatic hydroxyl groups is 1. The topological polar surface area (TPSA) is 83.2 Å². The van der Waals surface area contributed by atoms with Crippen LogP contribution in [0.15, 0.2) is 22.6 Å². The second-order valence-electron chi connectivity index (χ2n) is 7.70. The van der Waals surface area contributed by atoms with Crippen molar-refractivity contribution in [3.8, 4) is 5.75 Å². The van der Waals surface area contributed by atoms with Gasteiger partial charge in [-0.05, 0) is 31.5 Å². The van der Waals surface area contributed by atoms with Crippen LogP contribution in [0.25, 0.3) is 21.9 Å². The van der Waals surface area contributed by atoms with Crippen molar-refractivity contribution in [3.05, 3.63) is 40.5 Å². The van der Waals surface area contributed by atoms with Crippen LogP contribution >= 0.6 is 0 Å². The molecule has 3 aromatic rings. The summed E-state index contributed by atoms with van der Waals surface area (Å²) in [6.07, 6.45) is 0. The summed E-state index contributed by atoms with van der Waals surface area (Å²) in [4.78, 5) is 29.9. The van der Waals surface area contributed by atoms with Gasteiger partial charge in [0.2, 0.25) is 0 Å². The molecule has 0 bridgehead atoms. The van der Waals surface area contributed by atoms with Crippen LogP contribution in [0.3, 0.4) is 0 Å². The lowest BCUT2D eigenvalue weighted by molar-refractivity contribution is 0.0325. The van der Waals surface area contributed by atoms with E-state index >= 15 is 0 Å². The lowest BCUT2D eigenvalue weighted by Gasteiger charge is -2.28. The molecule has 2 amide bonds. The maximum absolute atomic E-state index is 13.2. The van der Waals surface area contributed by atoms with Gasteiger partial charge in [-0.1, -0.05) is 0 Å². The molecule has 1 fully saturated rings. The molecule has 3 heterocycles. The number of carbonyl (C=O) groups is 2. The lowest BCUT2D eigenvalue weighted by Crippen LogP contribution is -2.43. The molecule has 1 aromatic heterocycles. The van der Waals surface area contributed by atoms with E-state index in [1.165, 1.54) is 4.90 Å². The van der Waals surface area contributed by atoms with Gasteiger partial charge in [0.25, 0.3) is 11.8 Å². The highest BCUT2D eigenvalue weighted by Crippen LogP contribution is 2.41. The Morgan fingerprint density at radius 2 is 1.69 bits per heavy atom. The van der Waals surface area contributed by atoms with E-state index < -0.39 is 0 Å². The molecule has 2 aliphatic rings. The Labute approximate surface area is 167 Å². The summed E-state index contributed by atoms with van der Waals surface area (Å²) in [7, 11) is 0. The molecule has 7 heteroatoms. The van der Waals surface area contributed by atoms with Gasteiger partial charge in [-0.3, -0.25) is 19.4 Å². The van der Waals surface area contributed by atoms with Crippen LogP contribution < -0.4 is 0 Å². The molecule has 29 heavy (non-hydrogen) atoms. The second-order valence-corrected chi connectivity index (χ2v) is 7.70. The summed E-state index contributed by atoms with van der Waals surface area (Å²) in [6.45, 7) is 7.67. The summed E-state index contributed by atoms with van der Waals surface area (Å²) in [5.74, 6) is -0.390. The Morgan fingerprint density at radius 3 is 2.41 bits per heavy atom. The third-order valence-corrected chi connectivity index (χ3v) is 6.05. The number of nitrogens with zero attached hydrogens (tertiary/aromatic N) is 2. The molecule has 0 saturated carbocycles. The van der Waals surface area contributed by atoms with Crippen LogP contribution in [0.1, 0.15) is 31.8 Å². The number of phenols is 1. The van der Waals surface area contributed by atoms with Gasteiger partial charge >= 0.3 is 0 Å². The average Bonchev–Trinajstić information content (AvgIpc) is 3.21. The normalized spacial score (nSPS) is 17.7. The third-order valence-electron chi connectivity index (χ3n) is 6.05. The molecule has 0 atom stereocenters. The van der Waals surface area contributed by atoms with E-state index in [-0.39, 0.29) is 17.6 Å². The fraction of sp³-hybridized carbons (Fsp3) is 0.364. The van der Waals surface area contributed by atoms with Gasteiger partial charge in [-0.15, -0.1) is 0 Å². The highest BCUT2D eigenvalue weighted by Gasteiger charge is 2.40. The molecule has 150 valence electrons. The van der Waals surface area contributed by atoms with Gasteiger partial charge in [0.1, 0.15) is 16.9 Å². The number of phenolic OH excluding ortho intramolecular Hbond substituents is 1. The summed E-state index contributed by atoms with van der Waals surface area (Å²) in [5.41, 5.74) is 3.46. The lowest BCUT2D eigenvalue weighted by atomic mass is 9.94. The van der Waals surface area contributed by atoms with Crippen molar-refractivity contribution in [2.75, 3.05) is 39.4 Å². The van der Waals surface area contributed by atoms with Gasteiger partial charge in [0.05, 0.1) is 24.3 Å². The van der Waals surface area contributed by atoms with Crippen LogP contribution in [0, 0.1) is 13.8 Å². The summed E-state index contributed by atoms with van der Waals surface area (Å²) in [6, 6.07) is 4.94. The first-order valence-electron chi connectivity index (χ1n) is 9.82. The minimum Gasteiger partial charge on any atom is -0.508 e. The predicted molar refractivity (Wildman–Crippen MR) is 107 cm³/mol. The first-order valence-corrected chi connectivity index (χ1v) is 9.82. The first kappa shape index (κ1) is 18.1. The van der Waals surface area contributed by atoms with E-state index in [4.69, 9.17) is 9.15 Å². The maximum Gasteiger partial charge on any atom is 0.262 e. The zero-order valence-electron chi connectivity index (χ0n) is 16.4. The van der Waals surface area contributed by atoms with Gasteiger partial charge in [0.15, 0.2) is 0 Å². The number of ether oxygens (including phenoxy) is 1. The highest BCUT2D eigenvalue weighted by molar-refractivity contribution is 6.26. The molecule has 2 aliphatic heterocycles. The first-order chi connectivity index (χ1) is 14.0. The Balaban J connectivity index is 1.58. The third kappa shape index (κ3) is 2.65. The molecule has 0 aliphatic carbocycles. The van der Waals surface area contributed by atoms with Crippen molar-refractivity contribution in [2.45, 2.75) is 13.8 Å². The number of furan rings is 1. The van der Waals surface area contributed by atoms with Crippen LogP contribution in [0.2, 0.25) is 0 Å². The zero-order chi connectivity index (χ0) is 20.3. The van der Waals surface area contributed by atoms with Crippen molar-refractivity contribution in [3.63, 3.8) is 0 Å². The number of morpholine rings is 1. The number of benzene rings is 2. The number of amides is 2. The molecule has 5 rings (SSSR count). The van der Waals surface area contributed by atoms with E-state index in [2.05, 4.69) is 4.90 Å². The van der Waals surface area contributed by atoms with Crippen LogP contribution in [0.4, 0.5) is 0 Å². The molecule has 0 spiro atoms. The molecule has 1 N–H and O–H groups in total. The molecule has 0 unspecified atom stereocenters. The van der Waals surface area contributed by atoms with E-state index in [1.807, 2.05) is 13.8 Å². The van der Waals surface area contributed by atoms with Gasteiger partial charge in [-0.25, -0.2) is 0 Å². The molecule has 2 aromatic carbocycles. The number of hydrogen-bond acceptors (Lipinski definition) is 6. The highest BCUT2D eigenvalue weighted by atomic mass is 16.5. The summed E-state index contributed by atoms with van der Waals surface area (Å²) < 4.78 is 11.3. The van der Waals surface area contributed by atoms with Crippen LogP contribution in [-0.2, 0) is 4.74 Å². The Kier molecular flexibility index (Phi) is 4.11. The molecule has 7 nitrogen and oxygen atoms in total. The number of hydrogen-bond donors (Lipinski definition) is 1. The van der Waals surface area contributed by atoms with Gasteiger partial charge in [-0.2, -0.15) is 0 Å². The monoisotopic (exact) mass is 394 g/mol. The molecule has 1 saturated heterocycles. The maximum atomic E-state index is 13.2. The number of carbonyl (C=O) groups excluding carboxylic acids is 2. The Morgan fingerprint density at radius 1 is 1.00 bits per heavy atom. The van der Waals surface area contributed by atoms with E-state index in [0.29, 0.717) is 54.2 Å². The molecule has 0 radical (unpaired) electrons. The standard InChI is InChI=1S/C22H22N2O5/c1-12-17-15-4-3-14(25)11-16(15)29-20(17)13(2)19-18(12)21(26)24(22(19)27)6-5-23-7-9-28-10-8-23/h3-4,11,25H,5-10H2,1-2H3. The van der Waals surface area contributed by atoms with Crippen molar-refractivity contribution >= 4 is 33.8 Å². The zero-order valence-corrected chi connectivity index (χ0v) is 16.4. The molecular formula is C22H22N2O5. The minimum absolute atomic E-state index is 0.112. The molecular weight excluding hydrogens is 372 g/mol. The number of aryl methyl sites for hydroxylation is 2. The number of imide groups is 1. The van der Waals surface area contributed by atoms with Gasteiger partial charge in [0, 0.05) is 48.6 Å². The largest absolute Gasteiger partial charge is 0.508 e. The minimum atomic E-state index is -0.260. The fourth-order valence-corrected chi connectivity index (χ4v) is 4.50. The predicted octanol–water partition coefficient (Wildman–Crippen LogP) is 2.84. The van der Waals surface area contributed by atoms with Crippen LogP contribution in [0.5, 0.6) is 5.75 Å². The van der Waals surface area contributed by atoms with Crippen LogP contribution in [-0.4, -0.2) is 66.1 Å². The van der Waals surface area contributed by atoms with Crippen molar-refractivity contribution in [1.82, 2.24) is 9.80 Å². The number of fused-ring (bicyclic) bond motifs is 4.